The number of ketones is 1. The van der Waals surface area contributed by atoms with E-state index in [1.807, 2.05) is 6.92 Å². The van der Waals surface area contributed by atoms with Gasteiger partial charge in [0, 0.05) is 13.3 Å². The number of aliphatic hydroxyl groups excluding tert-OH is 1. The molecule has 0 aromatic heterocycles. The number of hydrogen-bond donors (Lipinski definition) is 1. The fourth-order valence-electron chi connectivity index (χ4n) is 2.23. The molecular formula is C11H18O4. The number of carbonyl (C=O) groups excluding carboxylic acids is 2. The Kier molecular flexibility index (Phi) is 3.85. The van der Waals surface area contributed by atoms with Crippen molar-refractivity contribution in [2.75, 3.05) is 0 Å². The van der Waals surface area contributed by atoms with E-state index in [0.717, 1.165) is 0 Å². The fourth-order valence-corrected chi connectivity index (χ4v) is 2.23. The molecule has 0 saturated heterocycles. The van der Waals surface area contributed by atoms with Crippen LogP contribution in [0, 0.1) is 11.8 Å². The number of carbonyl (C=O) groups is 2. The molecule has 0 bridgehead atoms. The van der Waals surface area contributed by atoms with Crippen LogP contribution < -0.4 is 0 Å². The van der Waals surface area contributed by atoms with E-state index in [9.17, 15) is 14.7 Å². The molecule has 3 unspecified atom stereocenters. The number of rotatable bonds is 2. The van der Waals surface area contributed by atoms with E-state index in [2.05, 4.69) is 0 Å². The Bertz CT molecular complexity index is 259. The smallest absolute Gasteiger partial charge is 0.302 e. The fraction of sp³-hybridized carbons (Fsp3) is 0.818. The van der Waals surface area contributed by atoms with Crippen molar-refractivity contribution in [2.24, 2.45) is 11.8 Å². The summed E-state index contributed by atoms with van der Waals surface area (Å²) in [6.07, 6.45) is -0.0955. The SMILES string of the molecule is CC(=O)O[C@@H]1CC(C)CC(=O)C1C(C)O. The predicted octanol–water partition coefficient (Wildman–Crippen LogP) is 0.914. The van der Waals surface area contributed by atoms with E-state index >= 15 is 0 Å². The lowest BCUT2D eigenvalue weighted by molar-refractivity contribution is -0.159. The number of ether oxygens (including phenoxy) is 1. The lowest BCUT2D eigenvalue weighted by Crippen LogP contribution is -2.44. The molecule has 4 atom stereocenters. The molecule has 0 aromatic rings. The lowest BCUT2D eigenvalue weighted by Gasteiger charge is -2.34. The maximum absolute atomic E-state index is 11.7. The zero-order valence-corrected chi connectivity index (χ0v) is 9.40. The first kappa shape index (κ1) is 12.2. The monoisotopic (exact) mass is 214 g/mol. The zero-order chi connectivity index (χ0) is 11.6. The Labute approximate surface area is 89.6 Å². The minimum absolute atomic E-state index is 0.00463. The molecule has 1 N–H and O–H groups in total. The molecule has 0 spiro atoms. The molecule has 0 heterocycles. The van der Waals surface area contributed by atoms with Gasteiger partial charge in [0.2, 0.25) is 0 Å². The Morgan fingerprint density at radius 2 is 2.20 bits per heavy atom. The summed E-state index contributed by atoms with van der Waals surface area (Å²) in [5.41, 5.74) is 0. The topological polar surface area (TPSA) is 63.6 Å². The summed E-state index contributed by atoms with van der Waals surface area (Å²) < 4.78 is 5.09. The number of Topliss-reactive ketones (excluding diaryl/α,β-unsaturated/α-hetero) is 1. The maximum Gasteiger partial charge on any atom is 0.302 e. The molecule has 86 valence electrons. The third kappa shape index (κ3) is 3.02. The molecule has 0 amide bonds. The Morgan fingerprint density at radius 3 is 2.67 bits per heavy atom. The van der Waals surface area contributed by atoms with Gasteiger partial charge in [-0.1, -0.05) is 6.92 Å². The van der Waals surface area contributed by atoms with Gasteiger partial charge in [0.05, 0.1) is 12.0 Å². The van der Waals surface area contributed by atoms with Gasteiger partial charge in [0.25, 0.3) is 0 Å². The second-order valence-corrected chi connectivity index (χ2v) is 4.43. The van der Waals surface area contributed by atoms with Crippen molar-refractivity contribution in [1.82, 2.24) is 0 Å². The van der Waals surface area contributed by atoms with Crippen molar-refractivity contribution in [1.29, 1.82) is 0 Å². The molecule has 0 aromatic carbocycles. The van der Waals surface area contributed by atoms with Gasteiger partial charge < -0.3 is 9.84 Å². The van der Waals surface area contributed by atoms with Crippen LogP contribution in [0.3, 0.4) is 0 Å². The summed E-state index contributed by atoms with van der Waals surface area (Å²) in [6.45, 7) is 4.84. The van der Waals surface area contributed by atoms with E-state index in [0.29, 0.717) is 12.8 Å². The highest BCUT2D eigenvalue weighted by Crippen LogP contribution is 2.30. The van der Waals surface area contributed by atoms with Crippen molar-refractivity contribution in [3.05, 3.63) is 0 Å². The second kappa shape index (κ2) is 4.75. The van der Waals surface area contributed by atoms with Crippen molar-refractivity contribution < 1.29 is 19.4 Å². The summed E-state index contributed by atoms with van der Waals surface area (Å²) >= 11 is 0. The van der Waals surface area contributed by atoms with E-state index < -0.39 is 24.1 Å². The quantitative estimate of drug-likeness (QED) is 0.694. The number of esters is 1. The first-order valence-corrected chi connectivity index (χ1v) is 5.29. The van der Waals surface area contributed by atoms with Crippen LogP contribution in [-0.2, 0) is 14.3 Å². The molecule has 1 aliphatic rings. The third-order valence-corrected chi connectivity index (χ3v) is 2.79. The van der Waals surface area contributed by atoms with E-state index in [-0.39, 0.29) is 11.7 Å². The average Bonchev–Trinajstić information content (AvgIpc) is 1.99. The molecule has 4 heteroatoms. The predicted molar refractivity (Wildman–Crippen MR) is 54.1 cm³/mol. The largest absolute Gasteiger partial charge is 0.462 e. The summed E-state index contributed by atoms with van der Waals surface area (Å²) in [5.74, 6) is -0.732. The summed E-state index contributed by atoms with van der Waals surface area (Å²) in [5, 5.41) is 9.50. The average molecular weight is 214 g/mol. The molecule has 4 nitrogen and oxygen atoms in total. The Balaban J connectivity index is 2.77. The van der Waals surface area contributed by atoms with Crippen molar-refractivity contribution in [3.8, 4) is 0 Å². The summed E-state index contributed by atoms with van der Waals surface area (Å²) in [6, 6.07) is 0. The molecule has 1 aliphatic carbocycles. The van der Waals surface area contributed by atoms with Gasteiger partial charge in [0.1, 0.15) is 11.9 Å². The highest BCUT2D eigenvalue weighted by atomic mass is 16.5. The van der Waals surface area contributed by atoms with Gasteiger partial charge in [-0.05, 0) is 19.3 Å². The normalized spacial score (nSPS) is 33.6. The van der Waals surface area contributed by atoms with Gasteiger partial charge in [-0.25, -0.2) is 0 Å². The second-order valence-electron chi connectivity index (χ2n) is 4.43. The van der Waals surface area contributed by atoms with Crippen LogP contribution in [0.2, 0.25) is 0 Å². The molecule has 15 heavy (non-hydrogen) atoms. The number of hydrogen-bond acceptors (Lipinski definition) is 4. The first-order chi connectivity index (χ1) is 6.91. The van der Waals surface area contributed by atoms with Crippen LogP contribution in [-0.4, -0.2) is 29.1 Å². The van der Waals surface area contributed by atoms with Crippen LogP contribution in [0.1, 0.15) is 33.6 Å². The van der Waals surface area contributed by atoms with Crippen molar-refractivity contribution >= 4 is 11.8 Å². The van der Waals surface area contributed by atoms with Crippen molar-refractivity contribution in [3.63, 3.8) is 0 Å². The van der Waals surface area contributed by atoms with Crippen LogP contribution in [0.15, 0.2) is 0 Å². The Morgan fingerprint density at radius 1 is 1.60 bits per heavy atom. The van der Waals surface area contributed by atoms with Crippen LogP contribution in [0.4, 0.5) is 0 Å². The summed E-state index contributed by atoms with van der Waals surface area (Å²) in [7, 11) is 0. The van der Waals surface area contributed by atoms with Crippen molar-refractivity contribution in [2.45, 2.75) is 45.8 Å². The van der Waals surface area contributed by atoms with Crippen LogP contribution in [0.5, 0.6) is 0 Å². The molecule has 1 fully saturated rings. The van der Waals surface area contributed by atoms with Crippen LogP contribution in [0.25, 0.3) is 0 Å². The van der Waals surface area contributed by atoms with E-state index in [1.54, 1.807) is 6.92 Å². The highest BCUT2D eigenvalue weighted by Gasteiger charge is 2.39. The minimum atomic E-state index is -0.755. The molecule has 1 rings (SSSR count). The van der Waals surface area contributed by atoms with Gasteiger partial charge in [0.15, 0.2) is 0 Å². The highest BCUT2D eigenvalue weighted by molar-refractivity contribution is 5.83. The maximum atomic E-state index is 11.7. The van der Waals surface area contributed by atoms with Crippen LogP contribution >= 0.6 is 0 Å². The van der Waals surface area contributed by atoms with Gasteiger partial charge >= 0.3 is 5.97 Å². The lowest BCUT2D eigenvalue weighted by atomic mass is 9.77. The minimum Gasteiger partial charge on any atom is -0.462 e. The van der Waals surface area contributed by atoms with Gasteiger partial charge in [-0.3, -0.25) is 9.59 Å². The van der Waals surface area contributed by atoms with Gasteiger partial charge in [-0.2, -0.15) is 0 Å². The first-order valence-electron chi connectivity index (χ1n) is 5.29. The van der Waals surface area contributed by atoms with Gasteiger partial charge in [-0.15, -0.1) is 0 Å². The number of aliphatic hydroxyl groups is 1. The molecular weight excluding hydrogens is 196 g/mol. The molecule has 0 radical (unpaired) electrons. The molecule has 1 saturated carbocycles. The van der Waals surface area contributed by atoms with E-state index in [4.69, 9.17) is 4.74 Å². The standard InChI is InChI=1S/C11H18O4/c1-6-4-9(14)11(7(2)12)10(5-6)15-8(3)13/h6-7,10-12H,4-5H2,1-3H3/t6?,7?,10-,11?/m1/s1. The summed E-state index contributed by atoms with van der Waals surface area (Å²) in [4.78, 5) is 22.6. The zero-order valence-electron chi connectivity index (χ0n) is 9.40. The molecule has 0 aliphatic heterocycles. The third-order valence-electron chi connectivity index (χ3n) is 2.79. The Hall–Kier alpha value is -0.900. The van der Waals surface area contributed by atoms with E-state index in [1.165, 1.54) is 6.92 Å².